The van der Waals surface area contributed by atoms with Gasteiger partial charge in [-0.2, -0.15) is 5.26 Å². The third kappa shape index (κ3) is 7.74. The monoisotopic (exact) mass is 631 g/mol. The van der Waals surface area contributed by atoms with E-state index in [1.54, 1.807) is 23.1 Å². The molecule has 0 atom stereocenters. The highest BCUT2D eigenvalue weighted by Crippen LogP contribution is 2.37. The van der Waals surface area contributed by atoms with Crippen LogP contribution in [0.3, 0.4) is 0 Å². The molecule has 0 unspecified atom stereocenters. The van der Waals surface area contributed by atoms with E-state index in [0.29, 0.717) is 53.0 Å². The van der Waals surface area contributed by atoms with Crippen LogP contribution in [0.15, 0.2) is 72.3 Å². The summed E-state index contributed by atoms with van der Waals surface area (Å²) in [7, 11) is 0. The van der Waals surface area contributed by atoms with Crippen molar-refractivity contribution in [1.29, 1.82) is 5.26 Å². The molecule has 0 saturated heterocycles. The summed E-state index contributed by atoms with van der Waals surface area (Å²) in [5, 5.41) is 10.1. The van der Waals surface area contributed by atoms with E-state index < -0.39 is 11.7 Å². The number of ether oxygens (including phenoxy) is 2. The average Bonchev–Trinajstić information content (AvgIpc) is 3.85. The molecule has 44 heavy (non-hydrogen) atoms. The quantitative estimate of drug-likeness (QED) is 0.251. The Kier molecular flexibility index (Phi) is 9.53. The summed E-state index contributed by atoms with van der Waals surface area (Å²) in [4.78, 5) is 31.0. The van der Waals surface area contributed by atoms with Crippen molar-refractivity contribution < 1.29 is 19.1 Å². The number of benzene rings is 3. The van der Waals surface area contributed by atoms with Gasteiger partial charge >= 0.3 is 6.09 Å². The smallest absolute Gasteiger partial charge is 0.410 e. The maximum atomic E-state index is 14.4. The lowest BCUT2D eigenvalue weighted by Crippen LogP contribution is -2.44. The van der Waals surface area contributed by atoms with Crippen LogP contribution in [0.2, 0.25) is 10.0 Å². The Hall–Kier alpha value is -3.99. The lowest BCUT2D eigenvalue weighted by Gasteiger charge is -2.34. The van der Waals surface area contributed by atoms with E-state index in [2.05, 4.69) is 6.07 Å². The molecule has 1 aliphatic carbocycles. The Morgan fingerprint density at radius 2 is 1.80 bits per heavy atom. The average molecular weight is 633 g/mol. The number of amides is 2. The van der Waals surface area contributed by atoms with Crippen molar-refractivity contribution in [3.8, 4) is 11.8 Å². The van der Waals surface area contributed by atoms with E-state index >= 15 is 0 Å². The van der Waals surface area contributed by atoms with Gasteiger partial charge in [0.15, 0.2) is 0 Å². The molecule has 9 heteroatoms. The summed E-state index contributed by atoms with van der Waals surface area (Å²) in [6.07, 6.45) is 1.83. The van der Waals surface area contributed by atoms with Crippen molar-refractivity contribution in [1.82, 2.24) is 9.80 Å². The van der Waals surface area contributed by atoms with Gasteiger partial charge < -0.3 is 19.3 Å². The highest BCUT2D eigenvalue weighted by molar-refractivity contribution is 6.42. The van der Waals surface area contributed by atoms with Crippen molar-refractivity contribution in [2.75, 3.05) is 13.1 Å². The molecule has 0 bridgehead atoms. The van der Waals surface area contributed by atoms with Crippen LogP contribution >= 0.6 is 23.2 Å². The fraction of sp³-hybridized carbons (Fsp3) is 0.343. The molecule has 0 spiro atoms. The Morgan fingerprint density at radius 1 is 1.05 bits per heavy atom. The Bertz CT molecular complexity index is 1640. The van der Waals surface area contributed by atoms with E-state index in [-0.39, 0.29) is 18.5 Å². The number of carbonyl (C=O) groups excluding carboxylic acids is 2. The second-order valence-corrected chi connectivity index (χ2v) is 12.9. The molecule has 1 saturated carbocycles. The Balaban J connectivity index is 1.47. The van der Waals surface area contributed by atoms with Gasteiger partial charge in [0.2, 0.25) is 0 Å². The summed E-state index contributed by atoms with van der Waals surface area (Å²) < 4.78 is 11.8. The molecular formula is C35H35Cl2N3O4. The number of hydrogen-bond acceptors (Lipinski definition) is 5. The van der Waals surface area contributed by atoms with Crippen LogP contribution < -0.4 is 4.74 Å². The SMILES string of the molecule is CC(C)(C)OC(=O)N1CCC(c2cccc(OCc3cccc(C#N)c3)c2)=C(C(=O)N(Cc2cccc(Cl)c2Cl)C2CC2)C1. The number of rotatable bonds is 8. The molecule has 2 aliphatic rings. The first-order valence-corrected chi connectivity index (χ1v) is 15.4. The zero-order chi connectivity index (χ0) is 31.4. The van der Waals surface area contributed by atoms with Crippen molar-refractivity contribution in [3.63, 3.8) is 0 Å². The molecule has 2 amide bonds. The van der Waals surface area contributed by atoms with E-state index in [4.69, 9.17) is 32.7 Å². The van der Waals surface area contributed by atoms with Gasteiger partial charge in [0.25, 0.3) is 5.91 Å². The molecule has 1 aliphatic heterocycles. The number of carbonyl (C=O) groups is 2. The highest BCUT2D eigenvalue weighted by Gasteiger charge is 2.38. The van der Waals surface area contributed by atoms with Crippen LogP contribution in [0, 0.1) is 11.3 Å². The van der Waals surface area contributed by atoms with Crippen LogP contribution in [0.25, 0.3) is 5.57 Å². The lowest BCUT2D eigenvalue weighted by molar-refractivity contribution is -0.128. The summed E-state index contributed by atoms with van der Waals surface area (Å²) in [5.74, 6) is 0.509. The van der Waals surface area contributed by atoms with Gasteiger partial charge in [0.1, 0.15) is 18.0 Å². The third-order valence-electron chi connectivity index (χ3n) is 7.52. The topological polar surface area (TPSA) is 82.9 Å². The normalized spacial score (nSPS) is 15.0. The summed E-state index contributed by atoms with van der Waals surface area (Å²) >= 11 is 12.8. The summed E-state index contributed by atoms with van der Waals surface area (Å²) in [6, 6.07) is 22.6. The molecule has 3 aromatic rings. The van der Waals surface area contributed by atoms with Crippen LogP contribution in [-0.4, -0.2) is 46.5 Å². The zero-order valence-corrected chi connectivity index (χ0v) is 26.6. The Morgan fingerprint density at radius 3 is 2.52 bits per heavy atom. The number of nitriles is 1. The first-order valence-electron chi connectivity index (χ1n) is 14.7. The highest BCUT2D eigenvalue weighted by atomic mass is 35.5. The van der Waals surface area contributed by atoms with E-state index in [1.807, 2.05) is 74.2 Å². The van der Waals surface area contributed by atoms with E-state index in [1.165, 1.54) is 0 Å². The standard InChI is InChI=1S/C35H35Cl2N3O4/c1-35(2,3)44-34(42)39-16-15-29(25-9-5-11-28(18-25)43-22-24-8-4-7-23(17-24)19-38)30(21-39)33(41)40(27-13-14-27)20-26-10-6-12-31(36)32(26)37/h4-12,17-18,27H,13-16,20-22H2,1-3H3. The zero-order valence-electron chi connectivity index (χ0n) is 25.1. The minimum Gasteiger partial charge on any atom is -0.489 e. The molecule has 0 aromatic heterocycles. The predicted molar refractivity (Wildman–Crippen MR) is 171 cm³/mol. The van der Waals surface area contributed by atoms with Crippen LogP contribution in [-0.2, 0) is 22.7 Å². The first kappa shape index (κ1) is 31.4. The molecule has 7 nitrogen and oxygen atoms in total. The minimum absolute atomic E-state index is 0.0852. The van der Waals surface area contributed by atoms with Crippen molar-refractivity contribution in [2.24, 2.45) is 0 Å². The van der Waals surface area contributed by atoms with Gasteiger partial charge in [-0.1, -0.05) is 59.6 Å². The molecule has 0 radical (unpaired) electrons. The maximum absolute atomic E-state index is 14.4. The molecule has 228 valence electrons. The molecule has 1 heterocycles. The second-order valence-electron chi connectivity index (χ2n) is 12.1. The van der Waals surface area contributed by atoms with E-state index in [0.717, 1.165) is 35.1 Å². The van der Waals surface area contributed by atoms with Crippen molar-refractivity contribution in [2.45, 2.75) is 64.8 Å². The fourth-order valence-corrected chi connectivity index (χ4v) is 5.59. The molecule has 1 fully saturated rings. The van der Waals surface area contributed by atoms with Gasteiger partial charge in [-0.3, -0.25) is 4.79 Å². The number of halogens is 2. The molecule has 0 N–H and O–H groups in total. The Labute approximate surface area is 268 Å². The van der Waals surface area contributed by atoms with Crippen LogP contribution in [0.4, 0.5) is 4.79 Å². The van der Waals surface area contributed by atoms with Crippen molar-refractivity contribution in [3.05, 3.63) is 105 Å². The maximum Gasteiger partial charge on any atom is 0.410 e. The number of hydrogen-bond donors (Lipinski definition) is 0. The second kappa shape index (κ2) is 13.3. The van der Waals surface area contributed by atoms with E-state index in [9.17, 15) is 14.9 Å². The minimum atomic E-state index is -0.660. The van der Waals surface area contributed by atoms with Gasteiger partial charge in [-0.25, -0.2) is 4.79 Å². The largest absolute Gasteiger partial charge is 0.489 e. The third-order valence-corrected chi connectivity index (χ3v) is 8.38. The van der Waals surface area contributed by atoms with Crippen LogP contribution in [0.1, 0.15) is 62.3 Å². The van der Waals surface area contributed by atoms with Gasteiger partial charge in [-0.15, -0.1) is 0 Å². The molecular weight excluding hydrogens is 597 g/mol. The summed E-state index contributed by atoms with van der Waals surface area (Å²) in [5.41, 5.74) is 3.85. The lowest BCUT2D eigenvalue weighted by atomic mass is 9.92. The van der Waals surface area contributed by atoms with Gasteiger partial charge in [0.05, 0.1) is 28.2 Å². The number of nitrogens with zero attached hydrogens (tertiary/aromatic N) is 3. The fourth-order valence-electron chi connectivity index (χ4n) is 5.21. The van der Waals surface area contributed by atoms with Crippen LogP contribution in [0.5, 0.6) is 5.75 Å². The molecule has 5 rings (SSSR count). The van der Waals surface area contributed by atoms with Gasteiger partial charge in [0, 0.05) is 24.7 Å². The predicted octanol–water partition coefficient (Wildman–Crippen LogP) is 8.03. The van der Waals surface area contributed by atoms with Crippen molar-refractivity contribution >= 4 is 40.8 Å². The molecule has 3 aromatic carbocycles. The van der Waals surface area contributed by atoms with Gasteiger partial charge in [-0.05, 0) is 92.6 Å². The summed E-state index contributed by atoms with van der Waals surface area (Å²) in [6.45, 7) is 6.64. The first-order chi connectivity index (χ1) is 21.0.